The first-order chi connectivity index (χ1) is 8.97. The summed E-state index contributed by atoms with van der Waals surface area (Å²) in [4.78, 5) is 12.4. The minimum absolute atomic E-state index is 0.122. The van der Waals surface area contributed by atoms with Crippen LogP contribution in [0.25, 0.3) is 16.7 Å². The molecular formula is C15H17N3O. The molecule has 0 aliphatic rings. The third-order valence-electron chi connectivity index (χ3n) is 3.37. The lowest BCUT2D eigenvalue weighted by atomic mass is 10.1. The first kappa shape index (κ1) is 13.2. The van der Waals surface area contributed by atoms with Gasteiger partial charge < -0.3 is 0 Å². The van der Waals surface area contributed by atoms with E-state index in [9.17, 15) is 4.79 Å². The summed E-state index contributed by atoms with van der Waals surface area (Å²) in [5, 5.41) is 8.72. The Labute approximate surface area is 112 Å². The molecule has 0 radical (unpaired) electrons. The topological polar surface area (TPSA) is 50.7 Å². The molecule has 0 bridgehead atoms. The highest BCUT2D eigenvalue weighted by molar-refractivity contribution is 5.81. The van der Waals surface area contributed by atoms with Crippen LogP contribution in [0.4, 0.5) is 0 Å². The van der Waals surface area contributed by atoms with Crippen LogP contribution in [-0.2, 0) is 6.54 Å². The molecule has 4 nitrogen and oxygen atoms in total. The molecular weight excluding hydrogens is 238 g/mol. The zero-order chi connectivity index (χ0) is 14.2. The van der Waals surface area contributed by atoms with Crippen LogP contribution in [0.5, 0.6) is 0 Å². The molecule has 0 atom stereocenters. The van der Waals surface area contributed by atoms with E-state index in [4.69, 9.17) is 5.26 Å². The molecule has 1 aromatic carbocycles. The monoisotopic (exact) mass is 255 g/mol. The fourth-order valence-electron chi connectivity index (χ4n) is 2.25. The third kappa shape index (κ3) is 2.08. The van der Waals surface area contributed by atoms with Crippen molar-refractivity contribution in [2.75, 3.05) is 0 Å². The van der Waals surface area contributed by atoms with Crippen molar-refractivity contribution in [2.45, 2.75) is 33.7 Å². The van der Waals surface area contributed by atoms with Gasteiger partial charge >= 0.3 is 5.69 Å². The first-order valence-electron chi connectivity index (χ1n) is 6.22. The lowest BCUT2D eigenvalue weighted by Gasteiger charge is -2.04. The second-order valence-corrected chi connectivity index (χ2v) is 4.84. The van der Waals surface area contributed by atoms with Gasteiger partial charge in [-0.3, -0.25) is 9.13 Å². The summed E-state index contributed by atoms with van der Waals surface area (Å²) >= 11 is 0. The molecule has 0 aliphatic carbocycles. The van der Waals surface area contributed by atoms with Gasteiger partial charge in [0, 0.05) is 12.2 Å². The Morgan fingerprint density at radius 2 is 1.89 bits per heavy atom. The smallest absolute Gasteiger partial charge is 0.291 e. The van der Waals surface area contributed by atoms with E-state index in [1.165, 1.54) is 0 Å². The fraction of sp³-hybridized carbons (Fsp3) is 0.333. The summed E-state index contributed by atoms with van der Waals surface area (Å²) in [6.45, 7) is 10.1. The van der Waals surface area contributed by atoms with E-state index >= 15 is 0 Å². The van der Waals surface area contributed by atoms with Gasteiger partial charge in [0.1, 0.15) is 0 Å². The highest BCUT2D eigenvalue weighted by atomic mass is 16.1. The lowest BCUT2D eigenvalue weighted by Crippen LogP contribution is -2.23. The average Bonchev–Trinajstić information content (AvgIpc) is 2.59. The van der Waals surface area contributed by atoms with Gasteiger partial charge in [-0.1, -0.05) is 6.58 Å². The van der Waals surface area contributed by atoms with Gasteiger partial charge in [0.15, 0.2) is 0 Å². The number of nitriles is 1. The standard InChI is InChI=1S/C15H17N3O/c1-10(2)18-14-9-12(4)11(3)8-13(14)17(15(18)19)7-5-6-16/h8-9H,1,5,7H2,2-4H3. The highest BCUT2D eigenvalue weighted by Crippen LogP contribution is 2.21. The molecule has 0 unspecified atom stereocenters. The zero-order valence-electron chi connectivity index (χ0n) is 11.5. The van der Waals surface area contributed by atoms with E-state index in [-0.39, 0.29) is 5.69 Å². The Bertz CT molecular complexity index is 756. The minimum atomic E-state index is -0.122. The molecule has 0 spiro atoms. The van der Waals surface area contributed by atoms with Crippen molar-refractivity contribution in [1.29, 1.82) is 5.26 Å². The van der Waals surface area contributed by atoms with Crippen LogP contribution in [0.2, 0.25) is 0 Å². The maximum absolute atomic E-state index is 12.4. The molecule has 1 heterocycles. The normalized spacial score (nSPS) is 10.6. The van der Waals surface area contributed by atoms with Crippen LogP contribution in [0.15, 0.2) is 23.5 Å². The van der Waals surface area contributed by atoms with Gasteiger partial charge in [-0.15, -0.1) is 0 Å². The second-order valence-electron chi connectivity index (χ2n) is 4.84. The van der Waals surface area contributed by atoms with Crippen LogP contribution in [-0.4, -0.2) is 9.13 Å². The van der Waals surface area contributed by atoms with Gasteiger partial charge in [-0.2, -0.15) is 5.26 Å². The number of rotatable bonds is 3. The average molecular weight is 255 g/mol. The van der Waals surface area contributed by atoms with Crippen molar-refractivity contribution in [2.24, 2.45) is 0 Å². The molecule has 2 aromatic rings. The van der Waals surface area contributed by atoms with E-state index in [2.05, 4.69) is 12.6 Å². The van der Waals surface area contributed by atoms with Gasteiger partial charge in [0.05, 0.1) is 23.5 Å². The molecule has 1 aromatic heterocycles. The predicted molar refractivity (Wildman–Crippen MR) is 76.9 cm³/mol. The van der Waals surface area contributed by atoms with E-state index in [1.807, 2.05) is 32.9 Å². The number of nitrogens with zero attached hydrogens (tertiary/aromatic N) is 3. The maximum Gasteiger partial charge on any atom is 0.333 e. The summed E-state index contributed by atoms with van der Waals surface area (Å²) in [5.41, 5.74) is 4.57. The minimum Gasteiger partial charge on any atom is -0.291 e. The SMILES string of the molecule is C=C(C)n1c(=O)n(CCC#N)c2cc(C)c(C)cc21. The van der Waals surface area contributed by atoms with Crippen molar-refractivity contribution < 1.29 is 0 Å². The summed E-state index contributed by atoms with van der Waals surface area (Å²) in [7, 11) is 0. The summed E-state index contributed by atoms with van der Waals surface area (Å²) in [5.74, 6) is 0. The van der Waals surface area contributed by atoms with Crippen molar-refractivity contribution in [3.05, 3.63) is 40.3 Å². The molecule has 19 heavy (non-hydrogen) atoms. The highest BCUT2D eigenvalue weighted by Gasteiger charge is 2.14. The van der Waals surface area contributed by atoms with Gasteiger partial charge in [-0.05, 0) is 44.0 Å². The largest absolute Gasteiger partial charge is 0.333 e. The van der Waals surface area contributed by atoms with Crippen LogP contribution in [0, 0.1) is 25.2 Å². The van der Waals surface area contributed by atoms with E-state index in [1.54, 1.807) is 9.13 Å². The van der Waals surface area contributed by atoms with E-state index in [0.29, 0.717) is 18.7 Å². The fourth-order valence-corrected chi connectivity index (χ4v) is 2.25. The van der Waals surface area contributed by atoms with Crippen molar-refractivity contribution in [3.63, 3.8) is 0 Å². The molecule has 0 fully saturated rings. The van der Waals surface area contributed by atoms with Crippen LogP contribution in [0.1, 0.15) is 24.5 Å². The molecule has 98 valence electrons. The number of imidazole rings is 1. The van der Waals surface area contributed by atoms with E-state index in [0.717, 1.165) is 22.2 Å². The van der Waals surface area contributed by atoms with Gasteiger partial charge in [-0.25, -0.2) is 4.79 Å². The van der Waals surface area contributed by atoms with Crippen LogP contribution >= 0.6 is 0 Å². The molecule has 0 saturated carbocycles. The van der Waals surface area contributed by atoms with Crippen LogP contribution in [0.3, 0.4) is 0 Å². The molecule has 0 N–H and O–H groups in total. The van der Waals surface area contributed by atoms with Crippen molar-refractivity contribution in [1.82, 2.24) is 9.13 Å². The first-order valence-corrected chi connectivity index (χ1v) is 6.22. The van der Waals surface area contributed by atoms with Crippen molar-refractivity contribution >= 4 is 16.7 Å². The van der Waals surface area contributed by atoms with Gasteiger partial charge in [0.2, 0.25) is 0 Å². The Balaban J connectivity index is 2.85. The summed E-state index contributed by atoms with van der Waals surface area (Å²) < 4.78 is 3.26. The quantitative estimate of drug-likeness (QED) is 0.846. The number of allylic oxidation sites excluding steroid dienone is 1. The number of hydrogen-bond donors (Lipinski definition) is 0. The van der Waals surface area contributed by atoms with Crippen LogP contribution < -0.4 is 5.69 Å². The Hall–Kier alpha value is -2.28. The van der Waals surface area contributed by atoms with Gasteiger partial charge in [0.25, 0.3) is 0 Å². The third-order valence-corrected chi connectivity index (χ3v) is 3.37. The maximum atomic E-state index is 12.4. The number of fused-ring (bicyclic) bond motifs is 1. The van der Waals surface area contributed by atoms with Crippen molar-refractivity contribution in [3.8, 4) is 6.07 Å². The lowest BCUT2D eigenvalue weighted by molar-refractivity contribution is 0.697. The number of aromatic nitrogens is 2. The molecule has 0 amide bonds. The number of aryl methyl sites for hydroxylation is 3. The summed E-state index contributed by atoms with van der Waals surface area (Å²) in [6, 6.07) is 6.09. The Morgan fingerprint density at radius 3 is 2.42 bits per heavy atom. The predicted octanol–water partition coefficient (Wildman–Crippen LogP) is 2.82. The zero-order valence-corrected chi connectivity index (χ0v) is 11.5. The Morgan fingerprint density at radius 1 is 1.32 bits per heavy atom. The molecule has 2 rings (SSSR count). The molecule has 0 saturated heterocycles. The van der Waals surface area contributed by atoms with E-state index < -0.39 is 0 Å². The second kappa shape index (κ2) is 4.77. The Kier molecular flexibility index (Phi) is 3.30. The molecule has 0 aliphatic heterocycles. The summed E-state index contributed by atoms with van der Waals surface area (Å²) in [6.07, 6.45) is 0.322. The number of hydrogen-bond acceptors (Lipinski definition) is 2. The number of benzene rings is 1. The molecule has 4 heteroatoms.